The Bertz CT molecular complexity index is 214. The zero-order chi connectivity index (χ0) is 11.3. The van der Waals surface area contributed by atoms with Crippen LogP contribution in [-0.4, -0.2) is 54.7 Å². The van der Waals surface area contributed by atoms with Gasteiger partial charge in [-0.05, 0) is 6.42 Å². The first-order chi connectivity index (χ1) is 7.15. The minimum absolute atomic E-state index is 0.0687. The lowest BCUT2D eigenvalue weighted by atomic mass is 10.2. The molecular weight excluding hydrogens is 212 g/mol. The van der Waals surface area contributed by atoms with Crippen molar-refractivity contribution in [3.05, 3.63) is 0 Å². The van der Waals surface area contributed by atoms with Crippen LogP contribution in [-0.2, 0) is 9.53 Å². The largest absolute Gasteiger partial charge is 0.385 e. The van der Waals surface area contributed by atoms with Crippen molar-refractivity contribution in [3.8, 4) is 0 Å². The molecule has 1 fully saturated rings. The predicted octanol–water partition coefficient (Wildman–Crippen LogP) is 0.314. The molecule has 5 heteroatoms. The molecule has 0 radical (unpaired) electrons. The number of hydrogen-bond donors (Lipinski definition) is 1. The Labute approximate surface area is 95.5 Å². The van der Waals surface area contributed by atoms with Crippen molar-refractivity contribution in [2.75, 3.05) is 32.6 Å². The molecule has 0 aliphatic carbocycles. The van der Waals surface area contributed by atoms with Crippen LogP contribution in [0.3, 0.4) is 0 Å². The van der Waals surface area contributed by atoms with Crippen molar-refractivity contribution >= 4 is 17.7 Å². The minimum Gasteiger partial charge on any atom is -0.385 e. The highest BCUT2D eigenvalue weighted by atomic mass is 32.2. The van der Waals surface area contributed by atoms with Crippen LogP contribution in [0.25, 0.3) is 0 Å². The lowest BCUT2D eigenvalue weighted by molar-refractivity contribution is -0.132. The predicted molar refractivity (Wildman–Crippen MR) is 63.0 cm³/mol. The van der Waals surface area contributed by atoms with Gasteiger partial charge in [-0.2, -0.15) is 11.8 Å². The summed E-state index contributed by atoms with van der Waals surface area (Å²) in [5.41, 5.74) is 5.80. The zero-order valence-corrected chi connectivity index (χ0v) is 10.3. The normalized spacial score (nSPS) is 23.9. The summed E-state index contributed by atoms with van der Waals surface area (Å²) < 4.78 is 4.92. The number of rotatable bonds is 4. The van der Waals surface area contributed by atoms with Gasteiger partial charge in [0, 0.05) is 37.8 Å². The van der Waals surface area contributed by atoms with Crippen LogP contribution < -0.4 is 5.73 Å². The highest BCUT2D eigenvalue weighted by Gasteiger charge is 2.25. The van der Waals surface area contributed by atoms with Gasteiger partial charge in [0.1, 0.15) is 0 Å². The van der Waals surface area contributed by atoms with E-state index in [4.69, 9.17) is 10.5 Å². The second-order valence-electron chi connectivity index (χ2n) is 3.85. The highest BCUT2D eigenvalue weighted by molar-refractivity contribution is 7.99. The second-order valence-corrected chi connectivity index (χ2v) is 5.40. The summed E-state index contributed by atoms with van der Waals surface area (Å²) in [6.07, 6.45) is 0.605. The molecule has 1 saturated heterocycles. The first-order valence-electron chi connectivity index (χ1n) is 5.30. The molecule has 2 N–H and O–H groups in total. The fraction of sp³-hybridized carbons (Fsp3) is 0.900. The quantitative estimate of drug-likeness (QED) is 0.758. The molecule has 1 rings (SSSR count). The van der Waals surface area contributed by atoms with Gasteiger partial charge in [-0.3, -0.25) is 4.79 Å². The van der Waals surface area contributed by atoms with Crippen LogP contribution in [0.4, 0.5) is 0 Å². The number of carbonyl (C=O) groups excluding carboxylic acids is 1. The summed E-state index contributed by atoms with van der Waals surface area (Å²) in [6, 6.07) is -0.403. The molecule has 0 spiro atoms. The first kappa shape index (κ1) is 12.8. The molecule has 0 aromatic carbocycles. The minimum atomic E-state index is -0.403. The number of nitrogens with two attached hydrogens (primary N) is 1. The van der Waals surface area contributed by atoms with Gasteiger partial charge in [0.05, 0.1) is 6.04 Å². The van der Waals surface area contributed by atoms with Crippen LogP contribution in [0, 0.1) is 0 Å². The van der Waals surface area contributed by atoms with Gasteiger partial charge in [-0.25, -0.2) is 0 Å². The molecule has 2 atom stereocenters. The van der Waals surface area contributed by atoms with Crippen LogP contribution in [0.5, 0.6) is 0 Å². The van der Waals surface area contributed by atoms with E-state index < -0.39 is 6.04 Å². The number of methoxy groups -OCH3 is 1. The average Bonchev–Trinajstić information content (AvgIpc) is 2.24. The van der Waals surface area contributed by atoms with Crippen LogP contribution in [0.15, 0.2) is 0 Å². The number of thioether (sulfide) groups is 1. The molecule has 1 amide bonds. The second kappa shape index (κ2) is 6.35. The molecule has 88 valence electrons. The maximum absolute atomic E-state index is 11.9. The summed E-state index contributed by atoms with van der Waals surface area (Å²) in [5, 5.41) is 0.525. The van der Waals surface area contributed by atoms with E-state index in [1.165, 1.54) is 0 Å². The van der Waals surface area contributed by atoms with Crippen molar-refractivity contribution in [1.29, 1.82) is 0 Å². The molecule has 1 heterocycles. The fourth-order valence-corrected chi connectivity index (χ4v) is 2.63. The van der Waals surface area contributed by atoms with Crippen LogP contribution in [0.1, 0.15) is 13.3 Å². The van der Waals surface area contributed by atoms with Crippen molar-refractivity contribution < 1.29 is 9.53 Å². The Morgan fingerprint density at radius 1 is 1.73 bits per heavy atom. The van der Waals surface area contributed by atoms with Gasteiger partial charge in [0.15, 0.2) is 0 Å². The highest BCUT2D eigenvalue weighted by Crippen LogP contribution is 2.18. The molecule has 15 heavy (non-hydrogen) atoms. The SMILES string of the molecule is COCCC(N)C(=O)N1CCSC(C)C1. The van der Waals surface area contributed by atoms with Gasteiger partial charge in [-0.15, -0.1) is 0 Å². The van der Waals surface area contributed by atoms with E-state index in [-0.39, 0.29) is 5.91 Å². The third kappa shape index (κ3) is 4.01. The van der Waals surface area contributed by atoms with Gasteiger partial charge >= 0.3 is 0 Å². The zero-order valence-electron chi connectivity index (χ0n) is 9.44. The van der Waals surface area contributed by atoms with E-state index in [0.717, 1.165) is 18.8 Å². The van der Waals surface area contributed by atoms with Crippen molar-refractivity contribution in [3.63, 3.8) is 0 Å². The lowest BCUT2D eigenvalue weighted by Gasteiger charge is -2.32. The molecule has 1 aliphatic rings. The van der Waals surface area contributed by atoms with E-state index >= 15 is 0 Å². The number of hydrogen-bond acceptors (Lipinski definition) is 4. The first-order valence-corrected chi connectivity index (χ1v) is 6.35. The molecule has 0 aromatic rings. The molecule has 2 unspecified atom stereocenters. The number of amides is 1. The topological polar surface area (TPSA) is 55.6 Å². The maximum Gasteiger partial charge on any atom is 0.239 e. The molecule has 1 aliphatic heterocycles. The van der Waals surface area contributed by atoms with Crippen LogP contribution >= 0.6 is 11.8 Å². The third-order valence-electron chi connectivity index (χ3n) is 2.50. The summed E-state index contributed by atoms with van der Waals surface area (Å²) in [5.74, 6) is 1.09. The standard InChI is InChI=1S/C10H20N2O2S/c1-8-7-12(4-6-15-8)10(13)9(11)3-5-14-2/h8-9H,3-7,11H2,1-2H3. The third-order valence-corrected chi connectivity index (χ3v) is 3.64. The molecule has 0 saturated carbocycles. The van der Waals surface area contributed by atoms with E-state index in [1.54, 1.807) is 7.11 Å². The Kier molecular flexibility index (Phi) is 5.42. The van der Waals surface area contributed by atoms with Gasteiger partial charge in [-0.1, -0.05) is 6.92 Å². The number of ether oxygens (including phenoxy) is 1. The maximum atomic E-state index is 11.9. The summed E-state index contributed by atoms with van der Waals surface area (Å²) >= 11 is 1.91. The van der Waals surface area contributed by atoms with E-state index in [0.29, 0.717) is 18.3 Å². The smallest absolute Gasteiger partial charge is 0.239 e. The van der Waals surface area contributed by atoms with Crippen molar-refractivity contribution in [2.24, 2.45) is 5.73 Å². The fourth-order valence-electron chi connectivity index (χ4n) is 1.62. The van der Waals surface area contributed by atoms with Crippen molar-refractivity contribution in [1.82, 2.24) is 4.90 Å². The average molecular weight is 232 g/mol. The Balaban J connectivity index is 2.37. The molecule has 0 aromatic heterocycles. The molecule has 0 bridgehead atoms. The van der Waals surface area contributed by atoms with Crippen LogP contribution in [0.2, 0.25) is 0 Å². The molecular formula is C10H20N2O2S. The Morgan fingerprint density at radius 2 is 2.47 bits per heavy atom. The van der Waals surface area contributed by atoms with E-state index in [9.17, 15) is 4.79 Å². The molecule has 4 nitrogen and oxygen atoms in total. The van der Waals surface area contributed by atoms with Gasteiger partial charge < -0.3 is 15.4 Å². The van der Waals surface area contributed by atoms with Crippen molar-refractivity contribution in [2.45, 2.75) is 24.6 Å². The van der Waals surface area contributed by atoms with E-state index in [2.05, 4.69) is 6.92 Å². The number of carbonyl (C=O) groups is 1. The Hall–Kier alpha value is -0.260. The summed E-state index contributed by atoms with van der Waals surface area (Å²) in [7, 11) is 1.62. The van der Waals surface area contributed by atoms with Gasteiger partial charge in [0.25, 0.3) is 0 Å². The summed E-state index contributed by atoms with van der Waals surface area (Å²) in [4.78, 5) is 13.8. The van der Waals surface area contributed by atoms with E-state index in [1.807, 2.05) is 16.7 Å². The lowest BCUT2D eigenvalue weighted by Crippen LogP contribution is -2.49. The summed E-state index contributed by atoms with van der Waals surface area (Å²) in [6.45, 7) is 4.34. The monoisotopic (exact) mass is 232 g/mol. The Morgan fingerprint density at radius 3 is 3.07 bits per heavy atom. The number of nitrogens with zero attached hydrogens (tertiary/aromatic N) is 1. The van der Waals surface area contributed by atoms with Gasteiger partial charge in [0.2, 0.25) is 5.91 Å².